The second-order valence-corrected chi connectivity index (χ2v) is 7.99. The number of nitrogens with one attached hydrogen (secondary N) is 2. The van der Waals surface area contributed by atoms with Gasteiger partial charge in [0.1, 0.15) is 0 Å². The topological polar surface area (TPSA) is 48.9 Å². The molecule has 0 spiro atoms. The first-order valence-corrected chi connectivity index (χ1v) is 8.82. The van der Waals surface area contributed by atoms with Gasteiger partial charge in [0.05, 0.1) is 0 Å². The van der Waals surface area contributed by atoms with Crippen molar-refractivity contribution in [3.8, 4) is 0 Å². The summed E-state index contributed by atoms with van der Waals surface area (Å²) in [5.41, 5.74) is 0.158. The van der Waals surface area contributed by atoms with Crippen molar-refractivity contribution in [3.05, 3.63) is 0 Å². The highest BCUT2D eigenvalue weighted by Gasteiger charge is 2.34. The fourth-order valence-corrected chi connectivity index (χ4v) is 2.59. The van der Waals surface area contributed by atoms with Crippen molar-refractivity contribution in [2.24, 2.45) is 4.99 Å². The number of ether oxygens (including phenoxy) is 1. The Morgan fingerprint density at radius 2 is 1.86 bits per heavy atom. The third-order valence-corrected chi connectivity index (χ3v) is 5.66. The lowest BCUT2D eigenvalue weighted by atomic mass is 9.88. The van der Waals surface area contributed by atoms with E-state index < -0.39 is 0 Å². The molecule has 0 radical (unpaired) electrons. The summed E-state index contributed by atoms with van der Waals surface area (Å²) in [6.07, 6.45) is 4.25. The summed E-state index contributed by atoms with van der Waals surface area (Å²) < 4.78 is 5.72. The molecule has 5 nitrogen and oxygen atoms in total. The largest absolute Gasteiger partial charge is 0.381 e. The molecule has 0 atom stereocenters. The van der Waals surface area contributed by atoms with Crippen molar-refractivity contribution in [1.29, 1.82) is 0 Å². The van der Waals surface area contributed by atoms with Gasteiger partial charge in [-0.3, -0.25) is 4.99 Å². The molecule has 0 aromatic heterocycles. The summed E-state index contributed by atoms with van der Waals surface area (Å²) in [7, 11) is 6.13. The second kappa shape index (κ2) is 10.2. The zero-order valence-corrected chi connectivity index (χ0v) is 18.0. The summed E-state index contributed by atoms with van der Waals surface area (Å²) in [4.78, 5) is 6.66. The minimum atomic E-state index is 0. The van der Waals surface area contributed by atoms with Gasteiger partial charge in [0.15, 0.2) is 5.96 Å². The first-order valence-electron chi connectivity index (χ1n) is 7.60. The molecule has 1 rings (SSSR count). The third-order valence-electron chi connectivity index (χ3n) is 4.41. The molecule has 0 saturated carbocycles. The summed E-state index contributed by atoms with van der Waals surface area (Å²) in [6, 6.07) is 0. The van der Waals surface area contributed by atoms with E-state index in [1.54, 1.807) is 0 Å². The van der Waals surface area contributed by atoms with Gasteiger partial charge in [-0.15, -0.1) is 24.0 Å². The van der Waals surface area contributed by atoms with Crippen LogP contribution in [0.25, 0.3) is 0 Å². The van der Waals surface area contributed by atoms with Crippen LogP contribution >= 0.6 is 35.7 Å². The minimum absolute atomic E-state index is 0. The Morgan fingerprint density at radius 3 is 2.32 bits per heavy atom. The smallest absolute Gasteiger partial charge is 0.191 e. The molecule has 0 aliphatic carbocycles. The quantitative estimate of drug-likeness (QED) is 0.373. The molecule has 1 aliphatic heterocycles. The van der Waals surface area contributed by atoms with Crippen molar-refractivity contribution >= 4 is 41.7 Å². The maximum Gasteiger partial charge on any atom is 0.191 e. The highest BCUT2D eigenvalue weighted by Crippen LogP contribution is 2.25. The maximum atomic E-state index is 5.51. The number of rotatable bonds is 6. The van der Waals surface area contributed by atoms with Gasteiger partial charge in [-0.25, -0.2) is 0 Å². The lowest BCUT2D eigenvalue weighted by Crippen LogP contribution is -2.57. The second-order valence-electron chi connectivity index (χ2n) is 6.47. The Kier molecular flexibility index (Phi) is 10.3. The van der Waals surface area contributed by atoms with Crippen LogP contribution in [0.5, 0.6) is 0 Å². The van der Waals surface area contributed by atoms with Gasteiger partial charge in [0, 0.05) is 43.6 Å². The monoisotopic (exact) mass is 444 g/mol. The van der Waals surface area contributed by atoms with E-state index in [4.69, 9.17) is 4.74 Å². The number of likely N-dealkylation sites (N-methyl/N-ethyl adjacent to an activating group) is 1. The van der Waals surface area contributed by atoms with Crippen molar-refractivity contribution in [2.45, 2.75) is 37.0 Å². The maximum absolute atomic E-state index is 5.51. The third kappa shape index (κ3) is 6.80. The van der Waals surface area contributed by atoms with Gasteiger partial charge in [0.25, 0.3) is 0 Å². The standard InChI is InChI=1S/C15H32N4OS.HI/c1-14(2,21-6)11-17-13(16-3)18-12-15(19(4)5)7-9-20-10-8-15;/h7-12H2,1-6H3,(H2,16,17,18);1H. The van der Waals surface area contributed by atoms with E-state index in [0.717, 1.165) is 45.1 Å². The van der Waals surface area contributed by atoms with Crippen LogP contribution in [-0.4, -0.2) is 74.8 Å². The summed E-state index contributed by atoms with van der Waals surface area (Å²) in [5.74, 6) is 0.879. The van der Waals surface area contributed by atoms with Gasteiger partial charge in [-0.2, -0.15) is 11.8 Å². The zero-order chi connectivity index (χ0) is 15.9. The molecule has 1 saturated heterocycles. The molecule has 0 amide bonds. The van der Waals surface area contributed by atoms with Crippen LogP contribution < -0.4 is 10.6 Å². The molecule has 0 aromatic carbocycles. The van der Waals surface area contributed by atoms with E-state index in [0.29, 0.717) is 0 Å². The number of thioether (sulfide) groups is 1. The molecular formula is C15H33IN4OS. The van der Waals surface area contributed by atoms with Gasteiger partial charge in [-0.1, -0.05) is 0 Å². The van der Waals surface area contributed by atoms with Crippen LogP contribution in [0.2, 0.25) is 0 Å². The molecule has 1 heterocycles. The van der Waals surface area contributed by atoms with Gasteiger partial charge in [-0.05, 0) is 47.0 Å². The van der Waals surface area contributed by atoms with E-state index in [-0.39, 0.29) is 34.3 Å². The Bertz CT molecular complexity index is 344. The number of nitrogens with zero attached hydrogens (tertiary/aromatic N) is 2. The number of halogens is 1. The van der Waals surface area contributed by atoms with Crippen LogP contribution in [0.1, 0.15) is 26.7 Å². The lowest BCUT2D eigenvalue weighted by molar-refractivity contribution is -0.00501. The number of hydrogen-bond acceptors (Lipinski definition) is 4. The molecule has 1 fully saturated rings. The Balaban J connectivity index is 0.00000441. The van der Waals surface area contributed by atoms with Crippen molar-refractivity contribution in [2.75, 3.05) is 53.7 Å². The molecule has 22 heavy (non-hydrogen) atoms. The fourth-order valence-electron chi connectivity index (χ4n) is 2.37. The van der Waals surface area contributed by atoms with E-state index in [1.165, 1.54) is 0 Å². The molecule has 0 bridgehead atoms. The molecule has 7 heteroatoms. The van der Waals surface area contributed by atoms with Gasteiger partial charge in [0.2, 0.25) is 0 Å². The highest BCUT2D eigenvalue weighted by atomic mass is 127. The SMILES string of the molecule is CN=C(NCC(C)(C)SC)NCC1(N(C)C)CCOCC1.I. The summed E-state index contributed by atoms with van der Waals surface area (Å²) in [5, 5.41) is 6.92. The average molecular weight is 444 g/mol. The molecular weight excluding hydrogens is 411 g/mol. The fraction of sp³-hybridized carbons (Fsp3) is 0.933. The first kappa shape index (κ1) is 22.3. The van der Waals surface area contributed by atoms with E-state index in [9.17, 15) is 0 Å². The molecule has 1 aliphatic rings. The van der Waals surface area contributed by atoms with E-state index in [2.05, 4.69) is 54.7 Å². The van der Waals surface area contributed by atoms with Crippen molar-refractivity contribution < 1.29 is 4.74 Å². The number of guanidine groups is 1. The average Bonchev–Trinajstić information content (AvgIpc) is 2.48. The minimum Gasteiger partial charge on any atom is -0.381 e. The van der Waals surface area contributed by atoms with Crippen molar-refractivity contribution in [3.63, 3.8) is 0 Å². The van der Waals surface area contributed by atoms with Crippen LogP contribution in [0.3, 0.4) is 0 Å². The van der Waals surface area contributed by atoms with Crippen LogP contribution in [0.15, 0.2) is 4.99 Å². The predicted molar refractivity (Wildman–Crippen MR) is 109 cm³/mol. The Labute approximate surface area is 157 Å². The van der Waals surface area contributed by atoms with E-state index in [1.807, 2.05) is 18.8 Å². The molecule has 132 valence electrons. The van der Waals surface area contributed by atoms with Gasteiger partial charge < -0.3 is 20.3 Å². The van der Waals surface area contributed by atoms with Crippen molar-refractivity contribution in [1.82, 2.24) is 15.5 Å². The number of aliphatic imine (C=N–C) groups is 1. The zero-order valence-electron chi connectivity index (χ0n) is 14.9. The molecule has 0 unspecified atom stereocenters. The van der Waals surface area contributed by atoms with Crippen LogP contribution in [0.4, 0.5) is 0 Å². The molecule has 2 N–H and O–H groups in total. The lowest BCUT2D eigenvalue weighted by Gasteiger charge is -2.43. The highest BCUT2D eigenvalue weighted by molar-refractivity contribution is 14.0. The summed E-state index contributed by atoms with van der Waals surface area (Å²) >= 11 is 1.86. The Hall–Kier alpha value is 0.270. The van der Waals surface area contributed by atoms with E-state index >= 15 is 0 Å². The predicted octanol–water partition coefficient (Wildman–Crippen LogP) is 2.02. The Morgan fingerprint density at radius 1 is 1.27 bits per heavy atom. The first-order chi connectivity index (χ1) is 9.85. The van der Waals surface area contributed by atoms with Gasteiger partial charge >= 0.3 is 0 Å². The number of hydrogen-bond donors (Lipinski definition) is 2. The normalized spacial score (nSPS) is 18.8. The summed E-state index contributed by atoms with van der Waals surface area (Å²) in [6.45, 7) is 7.93. The van der Waals surface area contributed by atoms with Crippen LogP contribution in [0, 0.1) is 0 Å². The van der Waals surface area contributed by atoms with Crippen LogP contribution in [-0.2, 0) is 4.74 Å². The molecule has 0 aromatic rings.